The Hall–Kier alpha value is -0.580. The van der Waals surface area contributed by atoms with Gasteiger partial charge in [0.15, 0.2) is 0 Å². The lowest BCUT2D eigenvalue weighted by Crippen LogP contribution is -2.46. The van der Waals surface area contributed by atoms with Gasteiger partial charge in [-0.2, -0.15) is 0 Å². The first-order valence-corrected chi connectivity index (χ1v) is 8.64. The van der Waals surface area contributed by atoms with Gasteiger partial charge in [-0.15, -0.1) is 0 Å². The normalized spacial score (nSPS) is 22.9. The van der Waals surface area contributed by atoms with E-state index >= 15 is 0 Å². The minimum absolute atomic E-state index is 0.282. The third-order valence-electron chi connectivity index (χ3n) is 3.68. The molecule has 0 unspecified atom stereocenters. The summed E-state index contributed by atoms with van der Waals surface area (Å²) in [6.07, 6.45) is 0.563. The fraction of sp³-hybridized carbons (Fsp3) is 0.647. The Morgan fingerprint density at radius 3 is 2.57 bits per heavy atom. The van der Waals surface area contributed by atoms with Gasteiger partial charge in [-0.25, -0.2) is 0 Å². The van der Waals surface area contributed by atoms with Gasteiger partial charge in [-0.3, -0.25) is 0 Å². The first kappa shape index (κ1) is 16.8. The molecule has 0 aromatic heterocycles. The molecule has 3 nitrogen and oxygen atoms in total. The number of anilines is 1. The van der Waals surface area contributed by atoms with Crippen LogP contribution in [-0.2, 0) is 11.3 Å². The second-order valence-corrected chi connectivity index (χ2v) is 7.38. The van der Waals surface area contributed by atoms with Crippen LogP contribution < -0.4 is 10.2 Å². The van der Waals surface area contributed by atoms with Crippen LogP contribution in [0.5, 0.6) is 0 Å². The maximum absolute atomic E-state index is 5.85. The zero-order valence-electron chi connectivity index (χ0n) is 13.5. The highest BCUT2D eigenvalue weighted by Crippen LogP contribution is 2.28. The summed E-state index contributed by atoms with van der Waals surface area (Å²) in [6.45, 7) is 12.7. The smallest absolute Gasteiger partial charge is 0.0726 e. The maximum Gasteiger partial charge on any atom is 0.0726 e. The molecule has 1 heterocycles. The molecule has 1 aromatic carbocycles. The number of nitrogens with one attached hydrogen (secondary N) is 1. The van der Waals surface area contributed by atoms with Crippen LogP contribution in [0.1, 0.15) is 33.3 Å². The molecule has 1 N–H and O–H groups in total. The van der Waals surface area contributed by atoms with Gasteiger partial charge in [-0.05, 0) is 44.0 Å². The van der Waals surface area contributed by atoms with Crippen molar-refractivity contribution in [3.8, 4) is 0 Å². The van der Waals surface area contributed by atoms with Crippen molar-refractivity contribution in [2.24, 2.45) is 5.92 Å². The van der Waals surface area contributed by atoms with Crippen molar-refractivity contribution in [2.75, 3.05) is 24.5 Å². The van der Waals surface area contributed by atoms with Gasteiger partial charge in [0.2, 0.25) is 0 Å². The summed E-state index contributed by atoms with van der Waals surface area (Å²) in [5.41, 5.74) is 2.68. The van der Waals surface area contributed by atoms with Gasteiger partial charge in [0.25, 0.3) is 0 Å². The Morgan fingerprint density at radius 2 is 1.95 bits per heavy atom. The highest BCUT2D eigenvalue weighted by molar-refractivity contribution is 9.10. The van der Waals surface area contributed by atoms with Crippen LogP contribution in [0.2, 0.25) is 0 Å². The zero-order valence-corrected chi connectivity index (χ0v) is 15.1. The van der Waals surface area contributed by atoms with Crippen molar-refractivity contribution in [3.05, 3.63) is 28.2 Å². The fourth-order valence-corrected chi connectivity index (χ4v) is 3.20. The molecule has 1 aromatic rings. The molecular weight excluding hydrogens is 328 g/mol. The molecule has 1 fully saturated rings. The predicted octanol–water partition coefficient (Wildman–Crippen LogP) is 3.81. The van der Waals surface area contributed by atoms with Crippen molar-refractivity contribution in [3.63, 3.8) is 0 Å². The quantitative estimate of drug-likeness (QED) is 0.869. The van der Waals surface area contributed by atoms with Crippen molar-refractivity contribution in [2.45, 2.75) is 46.4 Å². The van der Waals surface area contributed by atoms with E-state index in [1.54, 1.807) is 0 Å². The first-order chi connectivity index (χ1) is 9.95. The molecule has 4 heteroatoms. The molecule has 0 amide bonds. The predicted molar refractivity (Wildman–Crippen MR) is 92.9 cm³/mol. The van der Waals surface area contributed by atoms with E-state index in [4.69, 9.17) is 4.74 Å². The molecule has 1 saturated heterocycles. The summed E-state index contributed by atoms with van der Waals surface area (Å²) in [7, 11) is 0. The minimum Gasteiger partial charge on any atom is -0.372 e. The second-order valence-electron chi connectivity index (χ2n) is 6.46. The number of rotatable bonds is 5. The van der Waals surface area contributed by atoms with E-state index in [2.05, 4.69) is 72.0 Å². The average Bonchev–Trinajstić information content (AvgIpc) is 2.39. The molecule has 21 heavy (non-hydrogen) atoms. The fourth-order valence-electron chi connectivity index (χ4n) is 2.85. The molecule has 0 aliphatic carbocycles. The zero-order chi connectivity index (χ0) is 15.4. The largest absolute Gasteiger partial charge is 0.372 e. The van der Waals surface area contributed by atoms with Crippen molar-refractivity contribution >= 4 is 21.6 Å². The standard InChI is InChI=1S/C17H27BrN2O/c1-12(2)8-19-9-15-5-6-16(18)7-17(15)20-10-13(3)21-14(4)11-20/h5-7,12-14,19H,8-11H2,1-4H3/t13-,14+. The number of morpholine rings is 1. The summed E-state index contributed by atoms with van der Waals surface area (Å²) in [4.78, 5) is 2.45. The van der Waals surface area contributed by atoms with E-state index in [0.717, 1.165) is 30.7 Å². The van der Waals surface area contributed by atoms with Crippen LogP contribution >= 0.6 is 15.9 Å². The minimum atomic E-state index is 0.282. The van der Waals surface area contributed by atoms with Crippen LogP contribution in [0.3, 0.4) is 0 Å². The third kappa shape index (κ3) is 4.97. The lowest BCUT2D eigenvalue weighted by Gasteiger charge is -2.38. The molecule has 2 atom stereocenters. The van der Waals surface area contributed by atoms with Gasteiger partial charge in [0.1, 0.15) is 0 Å². The second kappa shape index (κ2) is 7.61. The highest BCUT2D eigenvalue weighted by atomic mass is 79.9. The Kier molecular flexibility index (Phi) is 6.08. The molecule has 1 aliphatic heterocycles. The van der Waals surface area contributed by atoms with E-state index in [9.17, 15) is 0 Å². The Labute approximate surface area is 137 Å². The molecule has 0 bridgehead atoms. The van der Waals surface area contributed by atoms with Crippen LogP contribution in [0, 0.1) is 5.92 Å². The topological polar surface area (TPSA) is 24.5 Å². The van der Waals surface area contributed by atoms with Gasteiger partial charge >= 0.3 is 0 Å². The average molecular weight is 355 g/mol. The van der Waals surface area contributed by atoms with Gasteiger partial charge in [0, 0.05) is 29.8 Å². The number of hydrogen-bond donors (Lipinski definition) is 1. The molecule has 1 aliphatic rings. The number of nitrogens with zero attached hydrogens (tertiary/aromatic N) is 1. The SMILES string of the molecule is CC(C)CNCc1ccc(Br)cc1N1C[C@@H](C)O[C@@H](C)C1. The molecule has 0 spiro atoms. The summed E-state index contributed by atoms with van der Waals surface area (Å²) in [6, 6.07) is 6.58. The third-order valence-corrected chi connectivity index (χ3v) is 4.17. The monoisotopic (exact) mass is 354 g/mol. The summed E-state index contributed by atoms with van der Waals surface area (Å²) in [5.74, 6) is 0.673. The van der Waals surface area contributed by atoms with E-state index in [-0.39, 0.29) is 12.2 Å². The maximum atomic E-state index is 5.85. The first-order valence-electron chi connectivity index (χ1n) is 7.85. The number of benzene rings is 1. The number of ether oxygens (including phenoxy) is 1. The van der Waals surface area contributed by atoms with E-state index in [1.807, 2.05) is 0 Å². The van der Waals surface area contributed by atoms with Crippen molar-refractivity contribution < 1.29 is 4.74 Å². The van der Waals surface area contributed by atoms with E-state index in [1.165, 1.54) is 11.3 Å². The van der Waals surface area contributed by atoms with Crippen molar-refractivity contribution in [1.29, 1.82) is 0 Å². The van der Waals surface area contributed by atoms with E-state index < -0.39 is 0 Å². The Bertz CT molecular complexity index is 454. The lowest BCUT2D eigenvalue weighted by molar-refractivity contribution is -0.00526. The molecule has 0 radical (unpaired) electrons. The van der Waals surface area contributed by atoms with Crippen LogP contribution in [0.15, 0.2) is 22.7 Å². The molecular formula is C17H27BrN2O. The molecule has 2 rings (SSSR count). The number of hydrogen-bond acceptors (Lipinski definition) is 3. The summed E-state index contributed by atoms with van der Waals surface area (Å²) >= 11 is 3.61. The highest BCUT2D eigenvalue weighted by Gasteiger charge is 2.24. The van der Waals surface area contributed by atoms with Crippen LogP contribution in [0.4, 0.5) is 5.69 Å². The van der Waals surface area contributed by atoms with E-state index in [0.29, 0.717) is 5.92 Å². The van der Waals surface area contributed by atoms with Crippen LogP contribution in [-0.4, -0.2) is 31.8 Å². The van der Waals surface area contributed by atoms with Gasteiger partial charge in [0.05, 0.1) is 12.2 Å². The molecule has 118 valence electrons. The summed E-state index contributed by atoms with van der Waals surface area (Å²) < 4.78 is 6.99. The van der Waals surface area contributed by atoms with Gasteiger partial charge < -0.3 is 15.0 Å². The number of halogens is 1. The van der Waals surface area contributed by atoms with Gasteiger partial charge in [-0.1, -0.05) is 35.8 Å². The molecule has 0 saturated carbocycles. The van der Waals surface area contributed by atoms with Crippen molar-refractivity contribution in [1.82, 2.24) is 5.32 Å². The van der Waals surface area contributed by atoms with Crippen LogP contribution in [0.25, 0.3) is 0 Å². The lowest BCUT2D eigenvalue weighted by atomic mass is 10.1. The Morgan fingerprint density at radius 1 is 1.29 bits per heavy atom. The summed E-state index contributed by atoms with van der Waals surface area (Å²) in [5, 5.41) is 3.55. The Balaban J connectivity index is 2.14.